The molecule has 0 bridgehead atoms. The van der Waals surface area contributed by atoms with Gasteiger partial charge in [0.25, 0.3) is 0 Å². The minimum Gasteiger partial charge on any atom is -0.256 e. The number of benzene rings is 2. The maximum absolute atomic E-state index is 13.3. The molecule has 2 aromatic carbocycles. The smallest absolute Gasteiger partial charge is 0.135 e. The minimum absolute atomic E-state index is 0. The van der Waals surface area contributed by atoms with E-state index in [1.165, 1.54) is 24.3 Å². The third-order valence-electron chi connectivity index (χ3n) is 5.34. The van der Waals surface area contributed by atoms with Crippen LogP contribution >= 0.6 is 0 Å². The Morgan fingerprint density at radius 3 is 0.951 bits per heavy atom. The number of nitrogens with zero attached hydrogens (tertiary/aromatic N) is 4. The fourth-order valence-electron chi connectivity index (χ4n) is 3.47. The van der Waals surface area contributed by atoms with Crippen molar-refractivity contribution in [2.75, 3.05) is 0 Å². The number of rotatable bonds is 3. The van der Waals surface area contributed by atoms with Crippen LogP contribution in [0.5, 0.6) is 0 Å². The number of aromatic nitrogens is 4. The molecule has 0 spiro atoms. The number of hydrogen-bond donors (Lipinski definition) is 0. The molecule has 0 saturated heterocycles. The molecule has 6 aromatic rings. The molecule has 6 rings (SSSR count). The zero-order chi connectivity index (χ0) is 28.2. The van der Waals surface area contributed by atoms with Crippen molar-refractivity contribution >= 4 is 0 Å². The fourth-order valence-corrected chi connectivity index (χ4v) is 3.47. The van der Waals surface area contributed by atoms with Gasteiger partial charge in [-0.2, -0.15) is 0 Å². The molecule has 0 atom stereocenters. The Bertz CT molecular complexity index is 1500. The van der Waals surface area contributed by atoms with E-state index in [-0.39, 0.29) is 20.1 Å². The molecule has 0 fully saturated rings. The maximum Gasteiger partial charge on any atom is 0.135 e. The van der Waals surface area contributed by atoms with Crippen molar-refractivity contribution in [2.45, 2.75) is 0 Å². The Labute approximate surface area is 248 Å². The Morgan fingerprint density at radius 1 is 0.366 bits per heavy atom. The van der Waals surface area contributed by atoms with E-state index in [9.17, 15) is 17.6 Å². The Kier molecular flexibility index (Phi) is 12.0. The normalized spacial score (nSPS) is 9.76. The second-order valence-electron chi connectivity index (χ2n) is 8.11. The van der Waals surface area contributed by atoms with Gasteiger partial charge in [-0.3, -0.25) is 19.9 Å². The van der Waals surface area contributed by atoms with Gasteiger partial charge in [-0.05, 0) is 72.8 Å². The van der Waals surface area contributed by atoms with Crippen LogP contribution in [0.25, 0.3) is 33.9 Å². The van der Waals surface area contributed by atoms with Gasteiger partial charge in [0.05, 0.1) is 22.8 Å². The van der Waals surface area contributed by atoms with Crippen LogP contribution in [0.1, 0.15) is 0 Å². The van der Waals surface area contributed by atoms with Crippen molar-refractivity contribution in [3.05, 3.63) is 157 Å². The van der Waals surface area contributed by atoms with E-state index in [1.807, 2.05) is 36.4 Å². The molecule has 0 N–H and O–H groups in total. The van der Waals surface area contributed by atoms with Crippen molar-refractivity contribution in [3.63, 3.8) is 0 Å². The van der Waals surface area contributed by atoms with Gasteiger partial charge in [0, 0.05) is 68.2 Å². The summed E-state index contributed by atoms with van der Waals surface area (Å²) in [5, 5.41) is 0. The van der Waals surface area contributed by atoms with Gasteiger partial charge in [0.15, 0.2) is 0 Å². The number of pyridine rings is 4. The van der Waals surface area contributed by atoms with Crippen molar-refractivity contribution in [2.24, 2.45) is 0 Å². The Morgan fingerprint density at radius 2 is 0.683 bits per heavy atom. The van der Waals surface area contributed by atoms with Crippen LogP contribution in [-0.4, -0.2) is 19.9 Å². The van der Waals surface area contributed by atoms with Crippen LogP contribution in [0.2, 0.25) is 0 Å². The standard InChI is InChI=1S/2C11H7F2N.C10H8N2.Ir/c2*12-8-4-5-9(10(13)7-8)11-3-1-2-6-14-11;1-3-7-11-9(5-1)10-6-2-4-8-12-10;/h2*1-7H;1-8H;. The van der Waals surface area contributed by atoms with E-state index in [1.54, 1.807) is 61.2 Å². The molecule has 4 heterocycles. The zero-order valence-electron chi connectivity index (χ0n) is 21.3. The molecule has 0 saturated carbocycles. The van der Waals surface area contributed by atoms with E-state index < -0.39 is 23.3 Å². The molecule has 0 aliphatic rings. The summed E-state index contributed by atoms with van der Waals surface area (Å²) in [6, 6.07) is 28.8. The Hall–Kier alpha value is -4.59. The summed E-state index contributed by atoms with van der Waals surface area (Å²) in [6.07, 6.45) is 6.67. The van der Waals surface area contributed by atoms with E-state index >= 15 is 0 Å². The van der Waals surface area contributed by atoms with E-state index in [2.05, 4.69) is 19.9 Å². The monoisotopic (exact) mass is 731 g/mol. The molecule has 0 amide bonds. The van der Waals surface area contributed by atoms with Gasteiger partial charge in [-0.15, -0.1) is 0 Å². The van der Waals surface area contributed by atoms with Gasteiger partial charge < -0.3 is 0 Å². The van der Waals surface area contributed by atoms with Gasteiger partial charge >= 0.3 is 0 Å². The molecule has 0 aliphatic heterocycles. The molecule has 41 heavy (non-hydrogen) atoms. The van der Waals surface area contributed by atoms with Crippen molar-refractivity contribution in [1.82, 2.24) is 19.9 Å². The fraction of sp³-hybridized carbons (Fsp3) is 0. The molecular weight excluding hydrogens is 709 g/mol. The Balaban J connectivity index is 0.000000168. The van der Waals surface area contributed by atoms with Crippen LogP contribution in [0.4, 0.5) is 17.6 Å². The predicted molar refractivity (Wildman–Crippen MR) is 147 cm³/mol. The first-order valence-corrected chi connectivity index (χ1v) is 12.1. The van der Waals surface area contributed by atoms with E-state index in [4.69, 9.17) is 0 Å². The molecule has 4 nitrogen and oxygen atoms in total. The third-order valence-corrected chi connectivity index (χ3v) is 5.34. The first kappa shape index (κ1) is 30.9. The van der Waals surface area contributed by atoms with Crippen LogP contribution in [-0.2, 0) is 20.1 Å². The van der Waals surface area contributed by atoms with E-state index in [0.717, 1.165) is 23.5 Å². The summed E-state index contributed by atoms with van der Waals surface area (Å²) < 4.78 is 51.7. The molecule has 1 radical (unpaired) electrons. The molecule has 207 valence electrons. The van der Waals surface area contributed by atoms with Gasteiger partial charge in [0.2, 0.25) is 0 Å². The summed E-state index contributed by atoms with van der Waals surface area (Å²) in [4.78, 5) is 16.3. The zero-order valence-corrected chi connectivity index (χ0v) is 23.7. The summed E-state index contributed by atoms with van der Waals surface area (Å²) in [5.41, 5.74) is 3.46. The maximum atomic E-state index is 13.3. The molecular formula is C32H22F4IrN4. The molecule has 4 aromatic heterocycles. The predicted octanol–water partition coefficient (Wildman–Crippen LogP) is 8.19. The summed E-state index contributed by atoms with van der Waals surface area (Å²) in [6.45, 7) is 0. The largest absolute Gasteiger partial charge is 0.256 e. The SMILES string of the molecule is Fc1ccc(-c2ccccn2)c(F)c1.Fc1ccc(-c2ccccn2)c(F)c1.[Ir].c1ccc(-c2ccccn2)nc1. The van der Waals surface area contributed by atoms with E-state index in [0.29, 0.717) is 22.5 Å². The first-order chi connectivity index (χ1) is 19.5. The average molecular weight is 731 g/mol. The van der Waals surface area contributed by atoms with Crippen LogP contribution < -0.4 is 0 Å². The third kappa shape index (κ3) is 9.24. The first-order valence-electron chi connectivity index (χ1n) is 12.1. The van der Waals surface area contributed by atoms with Crippen molar-refractivity contribution in [1.29, 1.82) is 0 Å². The summed E-state index contributed by atoms with van der Waals surface area (Å²) >= 11 is 0. The van der Waals surface area contributed by atoms with Crippen LogP contribution in [0, 0.1) is 23.3 Å². The van der Waals surface area contributed by atoms with Crippen LogP contribution in [0.15, 0.2) is 134 Å². The molecule has 0 aliphatic carbocycles. The second kappa shape index (κ2) is 15.9. The topological polar surface area (TPSA) is 51.6 Å². The molecule has 0 unspecified atom stereocenters. The van der Waals surface area contributed by atoms with Gasteiger partial charge in [-0.1, -0.05) is 24.3 Å². The van der Waals surface area contributed by atoms with Gasteiger partial charge in [-0.25, -0.2) is 17.6 Å². The van der Waals surface area contributed by atoms with Crippen molar-refractivity contribution in [3.8, 4) is 33.9 Å². The van der Waals surface area contributed by atoms with Crippen molar-refractivity contribution < 1.29 is 37.7 Å². The quantitative estimate of drug-likeness (QED) is 0.173. The van der Waals surface area contributed by atoms with Crippen LogP contribution in [0.3, 0.4) is 0 Å². The summed E-state index contributed by atoms with van der Waals surface area (Å²) in [7, 11) is 0. The molecule has 9 heteroatoms. The second-order valence-corrected chi connectivity index (χ2v) is 8.11. The number of hydrogen-bond acceptors (Lipinski definition) is 4. The van der Waals surface area contributed by atoms with Gasteiger partial charge in [0.1, 0.15) is 23.3 Å². The summed E-state index contributed by atoms with van der Waals surface area (Å²) in [5.74, 6) is -2.35. The minimum atomic E-state index is -0.594. The average Bonchev–Trinajstić information content (AvgIpc) is 3.00. The number of halogens is 4.